The normalized spacial score (nSPS) is 24.2. The lowest BCUT2D eigenvalue weighted by atomic mass is 9.87. The number of rotatable bonds is 3. The van der Waals surface area contributed by atoms with Crippen LogP contribution in [0.15, 0.2) is 6.07 Å². The molecule has 4 rings (SSSR count). The second-order valence-corrected chi connectivity index (χ2v) is 8.62. The van der Waals surface area contributed by atoms with E-state index in [0.717, 1.165) is 62.9 Å². The third kappa shape index (κ3) is 3.23. The summed E-state index contributed by atoms with van der Waals surface area (Å²) in [6, 6.07) is 2.46. The molecule has 0 bridgehead atoms. The van der Waals surface area contributed by atoms with Crippen LogP contribution in [-0.2, 0) is 17.6 Å². The van der Waals surface area contributed by atoms with Gasteiger partial charge in [-0.1, -0.05) is 12.8 Å². The zero-order valence-electron chi connectivity index (χ0n) is 14.2. The minimum Gasteiger partial charge on any atom is -0.353 e. The van der Waals surface area contributed by atoms with Crippen LogP contribution in [-0.4, -0.2) is 35.8 Å². The molecule has 1 aromatic rings. The fraction of sp³-hybridized carbons (Fsp3) is 0.684. The molecule has 4 nitrogen and oxygen atoms in total. The Kier molecular flexibility index (Phi) is 4.61. The van der Waals surface area contributed by atoms with E-state index in [9.17, 15) is 9.59 Å². The Bertz CT molecular complexity index is 627. The molecule has 1 saturated heterocycles. The lowest BCUT2D eigenvalue weighted by Gasteiger charge is -2.23. The van der Waals surface area contributed by atoms with E-state index >= 15 is 0 Å². The quantitative estimate of drug-likeness (QED) is 0.914. The molecule has 1 aromatic heterocycles. The molecule has 3 aliphatic rings. The van der Waals surface area contributed by atoms with Crippen molar-refractivity contribution >= 4 is 23.2 Å². The van der Waals surface area contributed by atoms with Crippen LogP contribution in [0.2, 0.25) is 0 Å². The summed E-state index contributed by atoms with van der Waals surface area (Å²) < 4.78 is 0. The third-order valence-corrected chi connectivity index (χ3v) is 6.98. The van der Waals surface area contributed by atoms with Gasteiger partial charge in [-0.15, -0.1) is 11.3 Å². The molecule has 1 N–H and O–H groups in total. The zero-order chi connectivity index (χ0) is 16.5. The number of thiophene rings is 1. The third-order valence-electron chi connectivity index (χ3n) is 5.76. The monoisotopic (exact) mass is 346 g/mol. The summed E-state index contributed by atoms with van der Waals surface area (Å²) in [5.74, 6) is 0.507. The maximum absolute atomic E-state index is 12.6. The molecule has 5 heteroatoms. The first-order valence-electron chi connectivity index (χ1n) is 9.42. The largest absolute Gasteiger partial charge is 0.353 e. The topological polar surface area (TPSA) is 49.4 Å². The molecule has 24 heavy (non-hydrogen) atoms. The maximum Gasteiger partial charge on any atom is 0.263 e. The Morgan fingerprint density at radius 2 is 1.83 bits per heavy atom. The lowest BCUT2D eigenvalue weighted by molar-refractivity contribution is -0.126. The van der Waals surface area contributed by atoms with E-state index in [1.807, 2.05) is 4.90 Å². The van der Waals surface area contributed by atoms with Crippen LogP contribution < -0.4 is 5.32 Å². The smallest absolute Gasteiger partial charge is 0.263 e. The first-order chi connectivity index (χ1) is 11.7. The van der Waals surface area contributed by atoms with Crippen molar-refractivity contribution in [1.82, 2.24) is 10.2 Å². The van der Waals surface area contributed by atoms with Crippen molar-refractivity contribution in [1.29, 1.82) is 0 Å². The van der Waals surface area contributed by atoms with Crippen LogP contribution in [0.1, 0.15) is 65.1 Å². The van der Waals surface area contributed by atoms with Gasteiger partial charge in [-0.25, -0.2) is 0 Å². The molecular weight excluding hydrogens is 320 g/mol. The summed E-state index contributed by atoms with van der Waals surface area (Å²) in [5.41, 5.74) is 1.24. The number of likely N-dealkylation sites (tertiary alicyclic amines) is 1. The Labute approximate surface area is 147 Å². The highest BCUT2D eigenvalue weighted by molar-refractivity contribution is 7.14. The van der Waals surface area contributed by atoms with E-state index in [2.05, 4.69) is 11.4 Å². The van der Waals surface area contributed by atoms with Gasteiger partial charge in [0.2, 0.25) is 5.91 Å². The number of hydrogen-bond donors (Lipinski definition) is 1. The molecule has 2 heterocycles. The van der Waals surface area contributed by atoms with Crippen LogP contribution in [0.4, 0.5) is 0 Å². The van der Waals surface area contributed by atoms with Gasteiger partial charge in [-0.2, -0.15) is 0 Å². The first-order valence-corrected chi connectivity index (χ1v) is 10.2. The van der Waals surface area contributed by atoms with Crippen molar-refractivity contribution in [3.63, 3.8) is 0 Å². The summed E-state index contributed by atoms with van der Waals surface area (Å²) in [6.45, 7) is 1.79. The molecular formula is C19H26N2O2S. The number of hydrogen-bond acceptors (Lipinski definition) is 3. The van der Waals surface area contributed by atoms with E-state index < -0.39 is 0 Å². The summed E-state index contributed by atoms with van der Waals surface area (Å²) >= 11 is 1.65. The lowest BCUT2D eigenvalue weighted by Crippen LogP contribution is -2.39. The highest BCUT2D eigenvalue weighted by atomic mass is 32.1. The average Bonchev–Trinajstić information content (AvgIpc) is 3.33. The highest BCUT2D eigenvalue weighted by Gasteiger charge is 2.30. The van der Waals surface area contributed by atoms with Crippen LogP contribution in [0, 0.1) is 5.92 Å². The number of amides is 2. The molecule has 130 valence electrons. The molecule has 0 unspecified atom stereocenters. The second kappa shape index (κ2) is 6.87. The first kappa shape index (κ1) is 16.1. The zero-order valence-corrected chi connectivity index (χ0v) is 15.0. The number of nitrogens with zero attached hydrogens (tertiary/aromatic N) is 1. The molecule has 1 atom stereocenters. The standard InChI is InChI=1S/C19H26N2O2S/c22-18(20-15-5-1-2-6-15)13-7-8-16-14(11-13)12-17(24-16)19(23)21-9-3-4-10-21/h12-13,15H,1-11H2,(H,20,22)/t13-/m0/s1. The van der Waals surface area contributed by atoms with Crippen molar-refractivity contribution in [2.75, 3.05) is 13.1 Å². The van der Waals surface area contributed by atoms with Crippen molar-refractivity contribution in [3.05, 3.63) is 21.4 Å². The predicted octanol–water partition coefficient (Wildman–Crippen LogP) is 3.15. The van der Waals surface area contributed by atoms with Gasteiger partial charge in [0.05, 0.1) is 4.88 Å². The van der Waals surface area contributed by atoms with Crippen LogP contribution in [0.25, 0.3) is 0 Å². The number of carbonyl (C=O) groups is 2. The summed E-state index contributed by atoms with van der Waals surface area (Å²) in [6.07, 6.45) is 9.67. The van der Waals surface area contributed by atoms with E-state index in [0.29, 0.717) is 6.04 Å². The minimum absolute atomic E-state index is 0.0856. The Balaban J connectivity index is 1.41. The Morgan fingerprint density at radius 1 is 1.08 bits per heavy atom. The Morgan fingerprint density at radius 3 is 2.58 bits per heavy atom. The SMILES string of the molecule is O=C(NC1CCCC1)[C@H]1CCc2sc(C(=O)N3CCCC3)cc2C1. The van der Waals surface area contributed by atoms with Gasteiger partial charge in [0.25, 0.3) is 5.91 Å². The molecule has 2 aliphatic carbocycles. The number of carbonyl (C=O) groups excluding carboxylic acids is 2. The fourth-order valence-corrected chi connectivity index (χ4v) is 5.49. The van der Waals surface area contributed by atoms with Gasteiger partial charge in [0.15, 0.2) is 0 Å². The molecule has 2 fully saturated rings. The average molecular weight is 346 g/mol. The van der Waals surface area contributed by atoms with Gasteiger partial charge < -0.3 is 10.2 Å². The molecule has 0 radical (unpaired) electrons. The van der Waals surface area contributed by atoms with E-state index in [1.165, 1.54) is 23.3 Å². The van der Waals surface area contributed by atoms with Crippen LogP contribution in [0.3, 0.4) is 0 Å². The van der Waals surface area contributed by atoms with Crippen LogP contribution >= 0.6 is 11.3 Å². The number of aryl methyl sites for hydroxylation is 1. The van der Waals surface area contributed by atoms with Crippen molar-refractivity contribution in [2.24, 2.45) is 5.92 Å². The fourth-order valence-electron chi connectivity index (χ4n) is 4.32. The molecule has 1 saturated carbocycles. The minimum atomic E-state index is 0.0856. The summed E-state index contributed by atoms with van der Waals surface area (Å²) in [5, 5.41) is 3.24. The summed E-state index contributed by atoms with van der Waals surface area (Å²) in [7, 11) is 0. The summed E-state index contributed by atoms with van der Waals surface area (Å²) in [4.78, 5) is 29.3. The van der Waals surface area contributed by atoms with Crippen LogP contribution in [0.5, 0.6) is 0 Å². The molecule has 1 aliphatic heterocycles. The number of nitrogens with one attached hydrogen (secondary N) is 1. The van der Waals surface area contributed by atoms with Gasteiger partial charge in [-0.05, 0) is 56.6 Å². The Hall–Kier alpha value is -1.36. The van der Waals surface area contributed by atoms with Gasteiger partial charge in [0.1, 0.15) is 0 Å². The molecule has 0 aromatic carbocycles. The second-order valence-electron chi connectivity index (χ2n) is 7.49. The maximum atomic E-state index is 12.6. The highest BCUT2D eigenvalue weighted by Crippen LogP contribution is 2.33. The van der Waals surface area contributed by atoms with E-state index in [1.54, 1.807) is 11.3 Å². The van der Waals surface area contributed by atoms with Crippen molar-refractivity contribution < 1.29 is 9.59 Å². The van der Waals surface area contributed by atoms with Gasteiger partial charge in [-0.3, -0.25) is 9.59 Å². The van der Waals surface area contributed by atoms with Crippen molar-refractivity contribution in [2.45, 2.75) is 63.8 Å². The predicted molar refractivity (Wildman–Crippen MR) is 95.4 cm³/mol. The van der Waals surface area contributed by atoms with Crippen molar-refractivity contribution in [3.8, 4) is 0 Å². The number of fused-ring (bicyclic) bond motifs is 1. The molecule has 0 spiro atoms. The van der Waals surface area contributed by atoms with Gasteiger partial charge in [0, 0.05) is 29.9 Å². The van der Waals surface area contributed by atoms with E-state index in [4.69, 9.17) is 0 Å². The molecule has 2 amide bonds. The van der Waals surface area contributed by atoms with E-state index in [-0.39, 0.29) is 17.7 Å². The van der Waals surface area contributed by atoms with Gasteiger partial charge >= 0.3 is 0 Å².